The van der Waals surface area contributed by atoms with E-state index in [1.54, 1.807) is 0 Å². The van der Waals surface area contributed by atoms with Crippen molar-refractivity contribution in [2.45, 2.75) is 31.2 Å². The van der Waals surface area contributed by atoms with Crippen molar-refractivity contribution in [1.82, 2.24) is 4.90 Å². The molecule has 1 saturated heterocycles. The minimum atomic E-state index is 0.360. The third-order valence-electron chi connectivity index (χ3n) is 3.49. The van der Waals surface area contributed by atoms with E-state index in [4.69, 9.17) is 0 Å². The first-order valence-corrected chi connectivity index (χ1v) is 5.70. The zero-order chi connectivity index (χ0) is 10.3. The number of amides is 1. The normalized spacial score (nSPS) is 29.6. The van der Waals surface area contributed by atoms with Crippen LogP contribution >= 0.6 is 0 Å². The van der Waals surface area contributed by atoms with Gasteiger partial charge in [-0.1, -0.05) is 30.3 Å². The topological polar surface area (TPSA) is 20.3 Å². The largest absolute Gasteiger partial charge is 0.339 e. The molecule has 1 heterocycles. The average molecular weight is 201 g/mol. The van der Waals surface area contributed by atoms with Gasteiger partial charge in [0.15, 0.2) is 0 Å². The van der Waals surface area contributed by atoms with Crippen LogP contribution in [0.15, 0.2) is 30.3 Å². The molecule has 15 heavy (non-hydrogen) atoms. The van der Waals surface area contributed by atoms with Crippen molar-refractivity contribution in [2.75, 3.05) is 6.54 Å². The fraction of sp³-hybridized carbons (Fsp3) is 0.462. The first-order chi connectivity index (χ1) is 7.36. The summed E-state index contributed by atoms with van der Waals surface area (Å²) in [4.78, 5) is 13.6. The number of hydrogen-bond donors (Lipinski definition) is 0. The molecule has 2 heteroatoms. The highest BCUT2D eigenvalue weighted by molar-refractivity contribution is 5.79. The van der Waals surface area contributed by atoms with Crippen LogP contribution in [0.4, 0.5) is 0 Å². The molecule has 0 spiro atoms. The van der Waals surface area contributed by atoms with Gasteiger partial charge in [0.1, 0.15) is 0 Å². The molecule has 3 rings (SSSR count). The van der Waals surface area contributed by atoms with E-state index in [1.165, 1.54) is 5.56 Å². The van der Waals surface area contributed by atoms with Gasteiger partial charge in [0.25, 0.3) is 0 Å². The lowest BCUT2D eigenvalue weighted by atomic mass is 10.1. The molecular weight excluding hydrogens is 186 g/mol. The Bertz CT molecular complexity index is 373. The molecule has 2 unspecified atom stereocenters. The molecule has 1 aromatic rings. The fourth-order valence-electron chi connectivity index (χ4n) is 2.60. The van der Waals surface area contributed by atoms with Crippen LogP contribution in [-0.4, -0.2) is 23.4 Å². The van der Waals surface area contributed by atoms with Gasteiger partial charge in [-0.2, -0.15) is 0 Å². The van der Waals surface area contributed by atoms with Crippen molar-refractivity contribution < 1.29 is 4.79 Å². The Morgan fingerprint density at radius 3 is 2.67 bits per heavy atom. The summed E-state index contributed by atoms with van der Waals surface area (Å²) in [6.45, 7) is 0.979. The second-order valence-electron chi connectivity index (χ2n) is 4.51. The molecule has 78 valence electrons. The molecule has 1 aromatic carbocycles. The molecular formula is C13H15NO. The van der Waals surface area contributed by atoms with Crippen LogP contribution in [0.3, 0.4) is 0 Å². The second-order valence-corrected chi connectivity index (χ2v) is 4.51. The lowest BCUT2D eigenvalue weighted by Crippen LogP contribution is -2.27. The smallest absolute Gasteiger partial charge is 0.222 e. The van der Waals surface area contributed by atoms with Crippen molar-refractivity contribution in [3.8, 4) is 0 Å². The van der Waals surface area contributed by atoms with Gasteiger partial charge >= 0.3 is 0 Å². The van der Waals surface area contributed by atoms with Crippen LogP contribution in [0.1, 0.15) is 30.7 Å². The van der Waals surface area contributed by atoms with Crippen molar-refractivity contribution in [3.63, 3.8) is 0 Å². The molecule has 1 amide bonds. The maximum Gasteiger partial charge on any atom is 0.222 e. The van der Waals surface area contributed by atoms with E-state index in [-0.39, 0.29) is 0 Å². The van der Waals surface area contributed by atoms with Crippen molar-refractivity contribution in [2.24, 2.45) is 0 Å². The van der Waals surface area contributed by atoms with Gasteiger partial charge in [-0.15, -0.1) is 0 Å². The van der Waals surface area contributed by atoms with Crippen molar-refractivity contribution >= 4 is 5.91 Å². The highest BCUT2D eigenvalue weighted by Crippen LogP contribution is 2.45. The molecule has 2 aliphatic rings. The number of carbonyl (C=O) groups is 1. The molecule has 1 aliphatic heterocycles. The first-order valence-electron chi connectivity index (χ1n) is 5.70. The minimum absolute atomic E-state index is 0.360. The van der Waals surface area contributed by atoms with Gasteiger partial charge < -0.3 is 4.90 Å². The van der Waals surface area contributed by atoms with Crippen LogP contribution in [0, 0.1) is 0 Å². The molecule has 2 fully saturated rings. The first kappa shape index (κ1) is 8.96. The van der Waals surface area contributed by atoms with Gasteiger partial charge in [0.05, 0.1) is 0 Å². The SMILES string of the molecule is O=C1CCCN1C1CC1c1ccccc1. The monoisotopic (exact) mass is 201 g/mol. The second kappa shape index (κ2) is 3.37. The fourth-order valence-corrected chi connectivity index (χ4v) is 2.60. The quantitative estimate of drug-likeness (QED) is 0.718. The summed E-state index contributed by atoms with van der Waals surface area (Å²) in [5.74, 6) is 0.965. The number of benzene rings is 1. The molecule has 0 bridgehead atoms. The van der Waals surface area contributed by atoms with Crippen LogP contribution < -0.4 is 0 Å². The lowest BCUT2D eigenvalue weighted by Gasteiger charge is -2.15. The maximum atomic E-state index is 11.6. The molecule has 2 atom stereocenters. The number of likely N-dealkylation sites (tertiary alicyclic amines) is 1. The Balaban J connectivity index is 1.72. The van der Waals surface area contributed by atoms with Gasteiger partial charge in [0, 0.05) is 24.9 Å². The maximum absolute atomic E-state index is 11.6. The zero-order valence-corrected chi connectivity index (χ0v) is 8.73. The summed E-state index contributed by atoms with van der Waals surface area (Å²) in [6, 6.07) is 11.0. The van der Waals surface area contributed by atoms with Gasteiger partial charge in [-0.25, -0.2) is 0 Å². The molecule has 0 radical (unpaired) electrons. The number of hydrogen-bond acceptors (Lipinski definition) is 1. The Labute approximate surface area is 89.9 Å². The zero-order valence-electron chi connectivity index (χ0n) is 8.73. The Hall–Kier alpha value is -1.31. The van der Waals surface area contributed by atoms with E-state index in [0.29, 0.717) is 17.9 Å². The number of carbonyl (C=O) groups excluding carboxylic acids is 1. The van der Waals surface area contributed by atoms with Crippen LogP contribution in [0.5, 0.6) is 0 Å². The highest BCUT2D eigenvalue weighted by atomic mass is 16.2. The standard InChI is InChI=1S/C13H15NO/c15-13-7-4-8-14(13)12-9-11(12)10-5-2-1-3-6-10/h1-3,5-6,11-12H,4,7-9H2. The van der Waals surface area contributed by atoms with E-state index in [2.05, 4.69) is 29.2 Å². The third-order valence-corrected chi connectivity index (χ3v) is 3.49. The summed E-state index contributed by atoms with van der Waals surface area (Å²) in [5.41, 5.74) is 1.39. The van der Waals surface area contributed by atoms with E-state index in [0.717, 1.165) is 25.8 Å². The Kier molecular flexibility index (Phi) is 2.01. The van der Waals surface area contributed by atoms with Gasteiger partial charge in [0.2, 0.25) is 5.91 Å². The van der Waals surface area contributed by atoms with Crippen LogP contribution in [0.25, 0.3) is 0 Å². The van der Waals surface area contributed by atoms with E-state index in [9.17, 15) is 4.79 Å². The summed E-state index contributed by atoms with van der Waals surface area (Å²) in [6.07, 6.45) is 2.98. The van der Waals surface area contributed by atoms with Crippen molar-refractivity contribution in [3.05, 3.63) is 35.9 Å². The Morgan fingerprint density at radius 2 is 2.00 bits per heavy atom. The lowest BCUT2D eigenvalue weighted by molar-refractivity contribution is -0.128. The summed E-state index contributed by atoms with van der Waals surface area (Å²) < 4.78 is 0. The summed E-state index contributed by atoms with van der Waals surface area (Å²) in [5, 5.41) is 0. The number of rotatable bonds is 2. The average Bonchev–Trinajstić information content (AvgIpc) is 2.96. The summed E-state index contributed by atoms with van der Waals surface area (Å²) >= 11 is 0. The predicted octanol–water partition coefficient (Wildman–Crippen LogP) is 2.16. The Morgan fingerprint density at radius 1 is 1.20 bits per heavy atom. The molecule has 1 aliphatic carbocycles. The predicted molar refractivity (Wildman–Crippen MR) is 58.5 cm³/mol. The molecule has 1 saturated carbocycles. The van der Waals surface area contributed by atoms with E-state index >= 15 is 0 Å². The van der Waals surface area contributed by atoms with Crippen LogP contribution in [0.2, 0.25) is 0 Å². The minimum Gasteiger partial charge on any atom is -0.339 e. The molecule has 0 N–H and O–H groups in total. The van der Waals surface area contributed by atoms with Crippen LogP contribution in [-0.2, 0) is 4.79 Å². The molecule has 2 nitrogen and oxygen atoms in total. The van der Waals surface area contributed by atoms with Gasteiger partial charge in [-0.05, 0) is 18.4 Å². The molecule has 0 aromatic heterocycles. The third kappa shape index (κ3) is 1.54. The summed E-state index contributed by atoms with van der Waals surface area (Å²) in [7, 11) is 0. The number of nitrogens with zero attached hydrogens (tertiary/aromatic N) is 1. The highest BCUT2D eigenvalue weighted by Gasteiger charge is 2.45. The van der Waals surface area contributed by atoms with E-state index in [1.807, 2.05) is 6.07 Å². The van der Waals surface area contributed by atoms with Crippen molar-refractivity contribution in [1.29, 1.82) is 0 Å². The van der Waals surface area contributed by atoms with Gasteiger partial charge in [-0.3, -0.25) is 4.79 Å². The van der Waals surface area contributed by atoms with E-state index < -0.39 is 0 Å².